The largest absolute Gasteiger partial charge is 0.396 e. The van der Waals surface area contributed by atoms with Gasteiger partial charge in [-0.05, 0) is 12.8 Å². The average molecular weight is 192 g/mol. The maximum atomic E-state index is 9.46. The molecule has 1 aliphatic heterocycles. The summed E-state index contributed by atoms with van der Waals surface area (Å²) in [5, 5.41) is 27.4. The Balaban J connectivity index is 2.23. The van der Waals surface area contributed by atoms with Gasteiger partial charge in [0, 0.05) is 6.61 Å². The van der Waals surface area contributed by atoms with Crippen molar-refractivity contribution in [2.24, 2.45) is 0 Å². The first-order chi connectivity index (χ1) is 6.25. The van der Waals surface area contributed by atoms with E-state index in [1.54, 1.807) is 0 Å². The Kier molecular flexibility index (Phi) is 4.61. The SMILES string of the molecule is OCCCC(O)C(O)C1OCCO1. The van der Waals surface area contributed by atoms with Gasteiger partial charge in [0.25, 0.3) is 0 Å². The van der Waals surface area contributed by atoms with E-state index < -0.39 is 18.5 Å². The molecular formula is C8H16O5. The summed E-state index contributed by atoms with van der Waals surface area (Å²) < 4.78 is 10.0. The van der Waals surface area contributed by atoms with Gasteiger partial charge in [-0.2, -0.15) is 0 Å². The zero-order valence-electron chi connectivity index (χ0n) is 7.43. The third-order valence-corrected chi connectivity index (χ3v) is 1.98. The van der Waals surface area contributed by atoms with Gasteiger partial charge in [-0.1, -0.05) is 0 Å². The molecular weight excluding hydrogens is 176 g/mol. The molecule has 1 aliphatic rings. The van der Waals surface area contributed by atoms with Gasteiger partial charge in [0.2, 0.25) is 0 Å². The minimum absolute atomic E-state index is 0.0101. The normalized spacial score (nSPS) is 23.3. The molecule has 2 unspecified atom stereocenters. The molecule has 0 radical (unpaired) electrons. The molecule has 0 amide bonds. The summed E-state index contributed by atoms with van der Waals surface area (Å²) in [5.74, 6) is 0. The van der Waals surface area contributed by atoms with Crippen LogP contribution in [0.5, 0.6) is 0 Å². The van der Waals surface area contributed by atoms with Crippen LogP contribution in [0.25, 0.3) is 0 Å². The van der Waals surface area contributed by atoms with E-state index in [1.165, 1.54) is 0 Å². The molecule has 5 heteroatoms. The van der Waals surface area contributed by atoms with Crippen molar-refractivity contribution in [2.45, 2.75) is 31.3 Å². The fourth-order valence-electron chi connectivity index (χ4n) is 1.23. The molecule has 1 saturated heterocycles. The molecule has 1 rings (SSSR count). The highest BCUT2D eigenvalue weighted by atomic mass is 16.7. The summed E-state index contributed by atoms with van der Waals surface area (Å²) in [7, 11) is 0. The molecule has 0 aromatic rings. The van der Waals surface area contributed by atoms with Crippen LogP contribution in [-0.4, -0.2) is 53.6 Å². The van der Waals surface area contributed by atoms with E-state index in [9.17, 15) is 10.2 Å². The van der Waals surface area contributed by atoms with Crippen molar-refractivity contribution >= 4 is 0 Å². The lowest BCUT2D eigenvalue weighted by Crippen LogP contribution is -2.38. The molecule has 1 fully saturated rings. The zero-order chi connectivity index (χ0) is 9.68. The Bertz CT molecular complexity index is 134. The first kappa shape index (κ1) is 10.9. The number of rotatable bonds is 5. The van der Waals surface area contributed by atoms with Crippen molar-refractivity contribution in [3.63, 3.8) is 0 Å². The maximum Gasteiger partial charge on any atom is 0.186 e. The highest BCUT2D eigenvalue weighted by molar-refractivity contribution is 4.72. The standard InChI is InChI=1S/C8H16O5/c9-3-1-2-6(10)7(11)8-12-4-5-13-8/h6-11H,1-5H2. The number of ether oxygens (including phenoxy) is 2. The monoisotopic (exact) mass is 192 g/mol. The third-order valence-electron chi connectivity index (χ3n) is 1.98. The van der Waals surface area contributed by atoms with Gasteiger partial charge >= 0.3 is 0 Å². The lowest BCUT2D eigenvalue weighted by Gasteiger charge is -2.21. The molecule has 1 heterocycles. The van der Waals surface area contributed by atoms with Crippen molar-refractivity contribution in [3.8, 4) is 0 Å². The number of aliphatic hydroxyl groups excluding tert-OH is 3. The van der Waals surface area contributed by atoms with Crippen molar-refractivity contribution in [1.29, 1.82) is 0 Å². The predicted molar refractivity (Wildman–Crippen MR) is 44.0 cm³/mol. The number of hydrogen-bond donors (Lipinski definition) is 3. The van der Waals surface area contributed by atoms with Gasteiger partial charge < -0.3 is 24.8 Å². The predicted octanol–water partition coefficient (Wildman–Crippen LogP) is -1.15. The zero-order valence-corrected chi connectivity index (χ0v) is 7.43. The van der Waals surface area contributed by atoms with E-state index in [-0.39, 0.29) is 6.61 Å². The Morgan fingerprint density at radius 1 is 1.23 bits per heavy atom. The van der Waals surface area contributed by atoms with Crippen LogP contribution in [-0.2, 0) is 9.47 Å². The summed E-state index contributed by atoms with van der Waals surface area (Å²) in [5.41, 5.74) is 0. The van der Waals surface area contributed by atoms with Crippen LogP contribution in [0.15, 0.2) is 0 Å². The molecule has 13 heavy (non-hydrogen) atoms. The Hall–Kier alpha value is -0.200. The second-order valence-electron chi connectivity index (χ2n) is 3.03. The van der Waals surface area contributed by atoms with Crippen LogP contribution < -0.4 is 0 Å². The van der Waals surface area contributed by atoms with Crippen LogP contribution in [0.4, 0.5) is 0 Å². The van der Waals surface area contributed by atoms with Crippen LogP contribution in [0.2, 0.25) is 0 Å². The van der Waals surface area contributed by atoms with Gasteiger partial charge in [0.1, 0.15) is 6.10 Å². The molecule has 0 spiro atoms. The minimum atomic E-state index is -1.02. The van der Waals surface area contributed by atoms with Crippen molar-refractivity contribution in [3.05, 3.63) is 0 Å². The highest BCUT2D eigenvalue weighted by Gasteiger charge is 2.30. The molecule has 3 N–H and O–H groups in total. The first-order valence-electron chi connectivity index (χ1n) is 4.46. The summed E-state index contributed by atoms with van der Waals surface area (Å²) >= 11 is 0. The van der Waals surface area contributed by atoms with Gasteiger partial charge in [0.15, 0.2) is 6.29 Å². The third kappa shape index (κ3) is 3.21. The van der Waals surface area contributed by atoms with E-state index in [0.717, 1.165) is 0 Å². The van der Waals surface area contributed by atoms with E-state index in [1.807, 2.05) is 0 Å². The van der Waals surface area contributed by atoms with Crippen molar-refractivity contribution < 1.29 is 24.8 Å². The van der Waals surface area contributed by atoms with Crippen LogP contribution in [0, 0.1) is 0 Å². The van der Waals surface area contributed by atoms with E-state index in [2.05, 4.69) is 0 Å². The van der Waals surface area contributed by atoms with Crippen LogP contribution in [0.1, 0.15) is 12.8 Å². The van der Waals surface area contributed by atoms with Gasteiger partial charge in [-0.25, -0.2) is 0 Å². The summed E-state index contributed by atoms with van der Waals surface area (Å²) in [6, 6.07) is 0. The van der Waals surface area contributed by atoms with E-state index >= 15 is 0 Å². The topological polar surface area (TPSA) is 79.2 Å². The smallest absolute Gasteiger partial charge is 0.186 e. The molecule has 0 aromatic heterocycles. The van der Waals surface area contributed by atoms with Gasteiger partial charge in [0.05, 0.1) is 19.3 Å². The Morgan fingerprint density at radius 3 is 2.38 bits per heavy atom. The lowest BCUT2D eigenvalue weighted by atomic mass is 10.1. The fraction of sp³-hybridized carbons (Fsp3) is 1.00. The Morgan fingerprint density at radius 2 is 1.85 bits per heavy atom. The highest BCUT2D eigenvalue weighted by Crippen LogP contribution is 2.14. The second kappa shape index (κ2) is 5.51. The minimum Gasteiger partial charge on any atom is -0.396 e. The first-order valence-corrected chi connectivity index (χ1v) is 4.46. The van der Waals surface area contributed by atoms with Crippen molar-refractivity contribution in [1.82, 2.24) is 0 Å². The maximum absolute atomic E-state index is 9.46. The molecule has 0 saturated carbocycles. The summed E-state index contributed by atoms with van der Waals surface area (Å²) in [4.78, 5) is 0. The van der Waals surface area contributed by atoms with Crippen molar-refractivity contribution in [2.75, 3.05) is 19.8 Å². The quantitative estimate of drug-likeness (QED) is 0.513. The summed E-state index contributed by atoms with van der Waals surface area (Å²) in [6.07, 6.45) is -1.82. The molecule has 78 valence electrons. The molecule has 0 bridgehead atoms. The fourth-order valence-corrected chi connectivity index (χ4v) is 1.23. The molecule has 0 aromatic carbocycles. The van der Waals surface area contributed by atoms with E-state index in [4.69, 9.17) is 14.6 Å². The Labute approximate surface area is 76.9 Å². The second-order valence-corrected chi connectivity index (χ2v) is 3.03. The van der Waals surface area contributed by atoms with Gasteiger partial charge in [-0.3, -0.25) is 0 Å². The lowest BCUT2D eigenvalue weighted by molar-refractivity contribution is -0.156. The van der Waals surface area contributed by atoms with E-state index in [0.29, 0.717) is 26.1 Å². The average Bonchev–Trinajstić information content (AvgIpc) is 2.65. The number of hydrogen-bond acceptors (Lipinski definition) is 5. The number of aliphatic hydroxyl groups is 3. The molecule has 2 atom stereocenters. The molecule has 5 nitrogen and oxygen atoms in total. The molecule has 0 aliphatic carbocycles. The summed E-state index contributed by atoms with van der Waals surface area (Å²) in [6.45, 7) is 0.916. The van der Waals surface area contributed by atoms with Crippen LogP contribution in [0.3, 0.4) is 0 Å². The van der Waals surface area contributed by atoms with Crippen LogP contribution >= 0.6 is 0 Å². The van der Waals surface area contributed by atoms with Gasteiger partial charge in [-0.15, -0.1) is 0 Å².